The Kier molecular flexibility index (Phi) is 4.65. The number of amides is 1. The predicted octanol–water partition coefficient (Wildman–Crippen LogP) is 5.34. The summed E-state index contributed by atoms with van der Waals surface area (Å²) in [5.74, 6) is 0.113. The maximum atomic E-state index is 13.1. The second-order valence-corrected chi connectivity index (χ2v) is 8.10. The molecule has 31 heavy (non-hydrogen) atoms. The van der Waals surface area contributed by atoms with Crippen molar-refractivity contribution in [2.45, 2.75) is 0 Å². The molecule has 0 saturated carbocycles. The van der Waals surface area contributed by atoms with Crippen LogP contribution in [0.4, 0.5) is 11.5 Å². The fourth-order valence-electron chi connectivity index (χ4n) is 3.53. The summed E-state index contributed by atoms with van der Waals surface area (Å²) in [7, 11) is 0. The fraction of sp³-hybridized carbons (Fsp3) is 0. The highest BCUT2D eigenvalue weighted by Crippen LogP contribution is 2.38. The summed E-state index contributed by atoms with van der Waals surface area (Å²) in [5, 5.41) is 12.5. The Bertz CT molecular complexity index is 1440. The second kappa shape index (κ2) is 7.62. The zero-order valence-electron chi connectivity index (χ0n) is 16.3. The van der Waals surface area contributed by atoms with E-state index in [4.69, 9.17) is 11.1 Å². The maximum absolute atomic E-state index is 13.1. The molecular formula is C24H17N5OS. The molecule has 0 fully saturated rings. The normalized spacial score (nSPS) is 11.0. The van der Waals surface area contributed by atoms with Crippen LogP contribution >= 0.6 is 11.3 Å². The van der Waals surface area contributed by atoms with E-state index >= 15 is 0 Å². The van der Waals surface area contributed by atoms with E-state index in [9.17, 15) is 4.79 Å². The van der Waals surface area contributed by atoms with Gasteiger partial charge in [0.1, 0.15) is 12.1 Å². The number of aromatic nitrogens is 2. The van der Waals surface area contributed by atoms with E-state index in [1.807, 2.05) is 48.5 Å². The average molecular weight is 424 g/mol. The quantitative estimate of drug-likeness (QED) is 0.268. The van der Waals surface area contributed by atoms with Crippen LogP contribution in [0.2, 0.25) is 0 Å². The van der Waals surface area contributed by atoms with Gasteiger partial charge in [-0.05, 0) is 41.8 Å². The molecule has 0 aliphatic rings. The third-order valence-corrected chi connectivity index (χ3v) is 6.24. The summed E-state index contributed by atoms with van der Waals surface area (Å²) in [6.07, 6.45) is 2.59. The molecule has 0 bridgehead atoms. The number of nitrogens with one attached hydrogen (secondary N) is 2. The summed E-state index contributed by atoms with van der Waals surface area (Å²) in [6, 6.07) is 21.0. The van der Waals surface area contributed by atoms with Crippen LogP contribution in [0.25, 0.3) is 31.4 Å². The molecule has 5 rings (SSSR count). The monoisotopic (exact) mass is 423 g/mol. The van der Waals surface area contributed by atoms with Crippen LogP contribution in [0.3, 0.4) is 0 Å². The van der Waals surface area contributed by atoms with Crippen LogP contribution in [-0.4, -0.2) is 22.1 Å². The SMILES string of the molecule is N=Cc1cc(C(=O)Nc2ncnc3ccccc23)cc(-c2cc3ccccc3s2)c1N. The number of thiophene rings is 1. The van der Waals surface area contributed by atoms with Gasteiger partial charge in [-0.15, -0.1) is 11.3 Å². The van der Waals surface area contributed by atoms with Gasteiger partial charge in [0.2, 0.25) is 0 Å². The van der Waals surface area contributed by atoms with Gasteiger partial charge in [-0.2, -0.15) is 0 Å². The van der Waals surface area contributed by atoms with Crippen molar-refractivity contribution in [3.05, 3.63) is 84.2 Å². The van der Waals surface area contributed by atoms with Crippen molar-refractivity contribution in [3.63, 3.8) is 0 Å². The molecular weight excluding hydrogens is 406 g/mol. The van der Waals surface area contributed by atoms with E-state index in [2.05, 4.69) is 21.4 Å². The first-order valence-corrected chi connectivity index (χ1v) is 10.4. The van der Waals surface area contributed by atoms with E-state index in [0.717, 1.165) is 31.4 Å². The molecule has 150 valence electrons. The largest absolute Gasteiger partial charge is 0.398 e. The molecule has 1 amide bonds. The minimum absolute atomic E-state index is 0.325. The smallest absolute Gasteiger partial charge is 0.256 e. The number of rotatable bonds is 4. The number of hydrogen-bond acceptors (Lipinski definition) is 6. The first-order chi connectivity index (χ1) is 15.1. The van der Waals surface area contributed by atoms with Gasteiger partial charge in [-0.3, -0.25) is 4.79 Å². The molecule has 3 aromatic carbocycles. The number of nitrogen functional groups attached to an aromatic ring is 1. The molecule has 0 unspecified atom stereocenters. The van der Waals surface area contributed by atoms with Crippen molar-refractivity contribution < 1.29 is 4.79 Å². The highest BCUT2D eigenvalue weighted by atomic mass is 32.1. The Morgan fingerprint density at radius 2 is 1.84 bits per heavy atom. The maximum Gasteiger partial charge on any atom is 0.256 e. The molecule has 0 radical (unpaired) electrons. The van der Waals surface area contributed by atoms with E-state index in [1.54, 1.807) is 23.5 Å². The highest BCUT2D eigenvalue weighted by molar-refractivity contribution is 7.22. The lowest BCUT2D eigenvalue weighted by atomic mass is 10.0. The van der Waals surface area contributed by atoms with Crippen LogP contribution in [-0.2, 0) is 0 Å². The highest BCUT2D eigenvalue weighted by Gasteiger charge is 2.16. The van der Waals surface area contributed by atoms with E-state index in [0.29, 0.717) is 22.6 Å². The topological polar surface area (TPSA) is 105 Å². The van der Waals surface area contributed by atoms with E-state index in [-0.39, 0.29) is 5.91 Å². The molecule has 0 aliphatic heterocycles. The number of fused-ring (bicyclic) bond motifs is 2. The number of anilines is 2. The third-order valence-electron chi connectivity index (χ3n) is 5.10. The van der Waals surface area contributed by atoms with Gasteiger partial charge in [0.25, 0.3) is 5.91 Å². The van der Waals surface area contributed by atoms with E-state index in [1.165, 1.54) is 12.5 Å². The summed E-state index contributed by atoms with van der Waals surface area (Å²) in [5.41, 5.74) is 9.21. The van der Waals surface area contributed by atoms with Gasteiger partial charge >= 0.3 is 0 Å². The predicted molar refractivity (Wildman–Crippen MR) is 127 cm³/mol. The number of para-hydroxylation sites is 1. The number of nitrogens with zero attached hydrogens (tertiary/aromatic N) is 2. The first-order valence-electron chi connectivity index (χ1n) is 9.58. The molecule has 5 aromatic rings. The Hall–Kier alpha value is -4.10. The van der Waals surface area contributed by atoms with Crippen molar-refractivity contribution in [1.82, 2.24) is 9.97 Å². The van der Waals surface area contributed by atoms with Gasteiger partial charge in [-0.25, -0.2) is 9.97 Å². The van der Waals surface area contributed by atoms with Crippen LogP contribution < -0.4 is 11.1 Å². The van der Waals surface area contributed by atoms with E-state index < -0.39 is 0 Å². The Morgan fingerprint density at radius 3 is 2.68 bits per heavy atom. The summed E-state index contributed by atoms with van der Waals surface area (Å²) < 4.78 is 1.13. The molecule has 0 spiro atoms. The van der Waals surface area contributed by atoms with Crippen molar-refractivity contribution in [2.24, 2.45) is 0 Å². The molecule has 2 aromatic heterocycles. The molecule has 0 atom stereocenters. The van der Waals surface area contributed by atoms with Gasteiger partial charge in [0.05, 0.1) is 5.52 Å². The minimum Gasteiger partial charge on any atom is -0.398 e. The van der Waals surface area contributed by atoms with Crippen molar-refractivity contribution in [2.75, 3.05) is 11.1 Å². The average Bonchev–Trinajstić information content (AvgIpc) is 3.23. The number of carbonyl (C=O) groups is 1. The summed E-state index contributed by atoms with van der Waals surface area (Å²) in [4.78, 5) is 22.5. The van der Waals surface area contributed by atoms with Crippen molar-refractivity contribution in [3.8, 4) is 10.4 Å². The minimum atomic E-state index is -0.325. The summed E-state index contributed by atoms with van der Waals surface area (Å²) >= 11 is 1.60. The Balaban J connectivity index is 1.58. The number of carbonyl (C=O) groups excluding carboxylic acids is 1. The first kappa shape index (κ1) is 18.9. The molecule has 0 saturated heterocycles. The van der Waals surface area contributed by atoms with Gasteiger partial charge in [0, 0.05) is 43.6 Å². The second-order valence-electron chi connectivity index (χ2n) is 7.01. The van der Waals surface area contributed by atoms with Gasteiger partial charge in [0.15, 0.2) is 0 Å². The lowest BCUT2D eigenvalue weighted by Crippen LogP contribution is -2.14. The van der Waals surface area contributed by atoms with Crippen LogP contribution in [0.15, 0.2) is 73.1 Å². The number of hydrogen-bond donors (Lipinski definition) is 3. The molecule has 7 heteroatoms. The molecule has 4 N–H and O–H groups in total. The summed E-state index contributed by atoms with van der Waals surface area (Å²) in [6.45, 7) is 0. The zero-order valence-corrected chi connectivity index (χ0v) is 17.1. The number of nitrogens with two attached hydrogens (primary N) is 1. The van der Waals surface area contributed by atoms with Crippen LogP contribution in [0.5, 0.6) is 0 Å². The third kappa shape index (κ3) is 3.41. The Morgan fingerprint density at radius 1 is 1.03 bits per heavy atom. The molecule has 6 nitrogen and oxygen atoms in total. The lowest BCUT2D eigenvalue weighted by molar-refractivity contribution is 0.102. The van der Waals surface area contributed by atoms with Gasteiger partial charge in [-0.1, -0.05) is 30.3 Å². The van der Waals surface area contributed by atoms with Crippen LogP contribution in [0, 0.1) is 5.41 Å². The standard InChI is InChI=1S/C24H17N5OS/c25-12-16-9-15(24(30)29-23-17-6-2-3-7-19(17)27-13-28-23)10-18(22(16)26)21-11-14-5-1-4-8-20(14)31-21/h1-13,25H,26H2,(H,27,28,29,30). The lowest BCUT2D eigenvalue weighted by Gasteiger charge is -2.12. The Labute approximate surface area is 181 Å². The fourth-order valence-corrected chi connectivity index (χ4v) is 4.62. The van der Waals surface area contributed by atoms with Crippen LogP contribution in [0.1, 0.15) is 15.9 Å². The van der Waals surface area contributed by atoms with Crippen molar-refractivity contribution in [1.29, 1.82) is 5.41 Å². The number of benzene rings is 3. The zero-order chi connectivity index (χ0) is 21.4. The molecule has 0 aliphatic carbocycles. The van der Waals surface area contributed by atoms with Crippen molar-refractivity contribution >= 4 is 56.0 Å². The van der Waals surface area contributed by atoms with Gasteiger partial charge < -0.3 is 16.5 Å². The molecule has 2 heterocycles.